The Labute approximate surface area is 136 Å². The highest BCUT2D eigenvalue weighted by atomic mass is 35.5. The molecular weight excluding hydrogens is 322 g/mol. The van der Waals surface area contributed by atoms with Crippen LogP contribution in [0.15, 0.2) is 54.7 Å². The van der Waals surface area contributed by atoms with Gasteiger partial charge in [-0.15, -0.1) is 0 Å². The Morgan fingerprint density at radius 2 is 1.87 bits per heavy atom. The number of benzene rings is 1. The maximum Gasteiger partial charge on any atom is 0.214 e. The van der Waals surface area contributed by atoms with Crippen LogP contribution in [0.25, 0.3) is 11.3 Å². The molecule has 0 aliphatic carbocycles. The van der Waals surface area contributed by atoms with Gasteiger partial charge < -0.3 is 4.74 Å². The summed E-state index contributed by atoms with van der Waals surface area (Å²) in [6.07, 6.45) is 1.23. The average Bonchev–Trinajstić information content (AvgIpc) is 2.55. The first-order valence-corrected chi connectivity index (χ1v) is 7.15. The van der Waals surface area contributed by atoms with E-state index in [0.717, 1.165) is 0 Å². The molecule has 23 heavy (non-hydrogen) atoms. The second-order valence-electron chi connectivity index (χ2n) is 4.77. The quantitative estimate of drug-likeness (QED) is 0.652. The number of pyridine rings is 2. The minimum absolute atomic E-state index is 0.173. The van der Waals surface area contributed by atoms with E-state index in [1.807, 2.05) is 0 Å². The third-order valence-corrected chi connectivity index (χ3v) is 3.40. The fraction of sp³-hybridized carbons (Fsp3) is 0.0588. The predicted octanol–water partition coefficient (Wildman–Crippen LogP) is 4.65. The SMILES string of the molecule is Fc1cccc(COc2cccc(-c3cc(F)ncc3Cl)n2)c1. The number of hydrogen-bond acceptors (Lipinski definition) is 3. The van der Waals surface area contributed by atoms with Crippen LogP contribution in [0.4, 0.5) is 8.78 Å². The van der Waals surface area contributed by atoms with Crippen LogP contribution in [0.5, 0.6) is 5.88 Å². The summed E-state index contributed by atoms with van der Waals surface area (Å²) in [5.74, 6) is -0.635. The monoisotopic (exact) mass is 332 g/mol. The summed E-state index contributed by atoms with van der Waals surface area (Å²) in [7, 11) is 0. The number of nitrogens with zero attached hydrogens (tertiary/aromatic N) is 2. The largest absolute Gasteiger partial charge is 0.473 e. The van der Waals surface area contributed by atoms with Crippen molar-refractivity contribution in [1.82, 2.24) is 9.97 Å². The predicted molar refractivity (Wildman–Crippen MR) is 83.2 cm³/mol. The highest BCUT2D eigenvalue weighted by Gasteiger charge is 2.09. The van der Waals surface area contributed by atoms with E-state index in [-0.39, 0.29) is 12.4 Å². The molecule has 3 aromatic rings. The van der Waals surface area contributed by atoms with E-state index in [2.05, 4.69) is 9.97 Å². The molecule has 116 valence electrons. The molecule has 6 heteroatoms. The molecule has 0 saturated carbocycles. The molecule has 0 spiro atoms. The lowest BCUT2D eigenvalue weighted by molar-refractivity contribution is 0.293. The van der Waals surface area contributed by atoms with Crippen LogP contribution in [0.1, 0.15) is 5.56 Å². The van der Waals surface area contributed by atoms with Crippen LogP contribution in [0.3, 0.4) is 0 Å². The number of ether oxygens (including phenoxy) is 1. The van der Waals surface area contributed by atoms with Crippen molar-refractivity contribution in [3.63, 3.8) is 0 Å². The van der Waals surface area contributed by atoms with Crippen LogP contribution in [-0.2, 0) is 6.61 Å². The summed E-state index contributed by atoms with van der Waals surface area (Å²) in [5.41, 5.74) is 1.58. The summed E-state index contributed by atoms with van der Waals surface area (Å²) in [6.45, 7) is 0.173. The summed E-state index contributed by atoms with van der Waals surface area (Å²) >= 11 is 6.02. The van der Waals surface area contributed by atoms with E-state index >= 15 is 0 Å². The highest BCUT2D eigenvalue weighted by Crippen LogP contribution is 2.27. The number of halogens is 3. The van der Waals surface area contributed by atoms with Crippen LogP contribution in [0.2, 0.25) is 5.02 Å². The molecule has 0 amide bonds. The Morgan fingerprint density at radius 1 is 1.04 bits per heavy atom. The smallest absolute Gasteiger partial charge is 0.214 e. The van der Waals surface area contributed by atoms with Crippen molar-refractivity contribution in [2.45, 2.75) is 6.61 Å². The van der Waals surface area contributed by atoms with Gasteiger partial charge in [0.2, 0.25) is 11.8 Å². The van der Waals surface area contributed by atoms with E-state index < -0.39 is 5.95 Å². The Bertz CT molecular complexity index is 842. The van der Waals surface area contributed by atoms with Crippen molar-refractivity contribution in [3.05, 3.63) is 77.1 Å². The van der Waals surface area contributed by atoms with E-state index in [1.54, 1.807) is 30.3 Å². The van der Waals surface area contributed by atoms with Crippen LogP contribution < -0.4 is 4.74 Å². The summed E-state index contributed by atoms with van der Waals surface area (Å²) in [5, 5.41) is 0.293. The zero-order valence-electron chi connectivity index (χ0n) is 11.8. The van der Waals surface area contributed by atoms with Crippen molar-refractivity contribution in [1.29, 1.82) is 0 Å². The lowest BCUT2D eigenvalue weighted by atomic mass is 10.2. The number of rotatable bonds is 4. The molecule has 0 saturated heterocycles. The molecule has 1 aromatic carbocycles. The summed E-state index contributed by atoms with van der Waals surface area (Å²) in [6, 6.07) is 12.4. The summed E-state index contributed by atoms with van der Waals surface area (Å²) < 4.78 is 32.0. The van der Waals surface area contributed by atoms with Gasteiger partial charge in [0.25, 0.3) is 0 Å². The standard InChI is InChI=1S/C17H11ClF2N2O/c18-14-9-21-16(20)8-13(14)15-5-2-6-17(22-15)23-10-11-3-1-4-12(19)7-11/h1-9H,10H2. The fourth-order valence-corrected chi connectivity index (χ4v) is 2.24. The number of hydrogen-bond donors (Lipinski definition) is 0. The van der Waals surface area contributed by atoms with Gasteiger partial charge in [-0.3, -0.25) is 0 Å². The maximum atomic E-state index is 13.3. The Balaban J connectivity index is 1.81. The van der Waals surface area contributed by atoms with E-state index in [1.165, 1.54) is 24.4 Å². The zero-order chi connectivity index (χ0) is 16.2. The van der Waals surface area contributed by atoms with E-state index in [9.17, 15) is 8.78 Å². The third-order valence-electron chi connectivity index (χ3n) is 3.10. The molecule has 0 aliphatic heterocycles. The molecule has 0 aliphatic rings. The Hall–Kier alpha value is -2.53. The first-order valence-electron chi connectivity index (χ1n) is 6.77. The average molecular weight is 333 g/mol. The van der Waals surface area contributed by atoms with Gasteiger partial charge in [0.1, 0.15) is 12.4 Å². The second kappa shape index (κ2) is 6.71. The lowest BCUT2D eigenvalue weighted by Gasteiger charge is -2.08. The van der Waals surface area contributed by atoms with E-state index in [4.69, 9.17) is 16.3 Å². The van der Waals surface area contributed by atoms with Crippen LogP contribution in [0, 0.1) is 11.8 Å². The fourth-order valence-electron chi connectivity index (χ4n) is 2.04. The molecule has 0 atom stereocenters. The van der Waals surface area contributed by atoms with Gasteiger partial charge in [-0.2, -0.15) is 4.39 Å². The van der Waals surface area contributed by atoms with Gasteiger partial charge in [0, 0.05) is 23.9 Å². The van der Waals surface area contributed by atoms with E-state index in [0.29, 0.717) is 27.7 Å². The molecule has 0 N–H and O–H groups in total. The van der Waals surface area contributed by atoms with Crippen molar-refractivity contribution >= 4 is 11.6 Å². The minimum atomic E-state index is -0.641. The van der Waals surface area contributed by atoms with Gasteiger partial charge in [-0.05, 0) is 23.8 Å². The molecule has 3 nitrogen and oxygen atoms in total. The minimum Gasteiger partial charge on any atom is -0.473 e. The molecule has 0 unspecified atom stereocenters. The van der Waals surface area contributed by atoms with Crippen molar-refractivity contribution in [3.8, 4) is 17.1 Å². The third kappa shape index (κ3) is 3.81. The molecule has 0 radical (unpaired) electrons. The second-order valence-corrected chi connectivity index (χ2v) is 5.17. The topological polar surface area (TPSA) is 35.0 Å². The molecule has 2 heterocycles. The van der Waals surface area contributed by atoms with Crippen LogP contribution in [-0.4, -0.2) is 9.97 Å². The molecular formula is C17H11ClF2N2O. The van der Waals surface area contributed by atoms with Gasteiger partial charge in [-0.25, -0.2) is 14.4 Å². The molecule has 0 bridgehead atoms. The van der Waals surface area contributed by atoms with Crippen molar-refractivity contribution in [2.75, 3.05) is 0 Å². The van der Waals surface area contributed by atoms with Gasteiger partial charge in [-0.1, -0.05) is 29.8 Å². The zero-order valence-corrected chi connectivity index (χ0v) is 12.6. The highest BCUT2D eigenvalue weighted by molar-refractivity contribution is 6.33. The Kier molecular flexibility index (Phi) is 4.48. The lowest BCUT2D eigenvalue weighted by Crippen LogP contribution is -1.98. The Morgan fingerprint density at radius 3 is 2.70 bits per heavy atom. The van der Waals surface area contributed by atoms with Crippen molar-refractivity contribution in [2.24, 2.45) is 0 Å². The van der Waals surface area contributed by atoms with Gasteiger partial charge >= 0.3 is 0 Å². The van der Waals surface area contributed by atoms with Crippen molar-refractivity contribution < 1.29 is 13.5 Å². The first kappa shape index (κ1) is 15.4. The summed E-state index contributed by atoms with van der Waals surface area (Å²) in [4.78, 5) is 7.77. The molecule has 2 aromatic heterocycles. The molecule has 0 fully saturated rings. The van der Waals surface area contributed by atoms with Gasteiger partial charge in [0.15, 0.2) is 0 Å². The van der Waals surface area contributed by atoms with Gasteiger partial charge in [0.05, 0.1) is 10.7 Å². The van der Waals surface area contributed by atoms with Crippen LogP contribution >= 0.6 is 11.6 Å². The first-order chi connectivity index (χ1) is 11.1. The number of aromatic nitrogens is 2. The maximum absolute atomic E-state index is 13.3. The molecule has 3 rings (SSSR count). The normalized spacial score (nSPS) is 10.6.